The summed E-state index contributed by atoms with van der Waals surface area (Å²) >= 11 is 0. The number of methoxy groups -OCH3 is 1. The lowest BCUT2D eigenvalue weighted by molar-refractivity contribution is -0.138. The van der Waals surface area contributed by atoms with Crippen molar-refractivity contribution in [2.45, 2.75) is 38.6 Å². The fraction of sp³-hybridized carbons (Fsp3) is 0.846. The first-order chi connectivity index (χ1) is 8.62. The monoisotopic (exact) mass is 254 g/mol. The molecule has 0 bridgehead atoms. The van der Waals surface area contributed by atoms with Crippen LogP contribution >= 0.6 is 0 Å². The van der Waals surface area contributed by atoms with Crippen LogP contribution in [-0.2, 0) is 14.3 Å². The van der Waals surface area contributed by atoms with E-state index in [1.807, 2.05) is 6.92 Å². The molecule has 1 saturated carbocycles. The minimum Gasteiger partial charge on any atom is -0.385 e. The second-order valence-electron chi connectivity index (χ2n) is 5.36. The number of imide groups is 1. The summed E-state index contributed by atoms with van der Waals surface area (Å²) in [6.45, 7) is 3.89. The van der Waals surface area contributed by atoms with Crippen molar-refractivity contribution in [3.05, 3.63) is 0 Å². The molecule has 1 unspecified atom stereocenters. The van der Waals surface area contributed by atoms with Crippen LogP contribution in [0.2, 0.25) is 0 Å². The maximum Gasteiger partial charge on any atom is 0.246 e. The number of hydrogen-bond donors (Lipinski definition) is 1. The van der Waals surface area contributed by atoms with E-state index in [4.69, 9.17) is 4.74 Å². The van der Waals surface area contributed by atoms with E-state index in [-0.39, 0.29) is 17.9 Å². The van der Waals surface area contributed by atoms with Crippen LogP contribution in [0.5, 0.6) is 0 Å². The minimum atomic E-state index is -0.308. The Balaban J connectivity index is 1.81. The molecule has 2 aliphatic rings. The van der Waals surface area contributed by atoms with Crippen LogP contribution in [0, 0.1) is 5.41 Å². The van der Waals surface area contributed by atoms with Gasteiger partial charge in [0.2, 0.25) is 11.8 Å². The summed E-state index contributed by atoms with van der Waals surface area (Å²) in [7, 11) is 1.71. The molecule has 1 aliphatic carbocycles. The maximum atomic E-state index is 11.9. The Hall–Kier alpha value is -0.940. The van der Waals surface area contributed by atoms with Crippen molar-refractivity contribution >= 4 is 11.8 Å². The molecule has 5 nitrogen and oxygen atoms in total. The van der Waals surface area contributed by atoms with Gasteiger partial charge >= 0.3 is 0 Å². The summed E-state index contributed by atoms with van der Waals surface area (Å²) in [4.78, 5) is 24.8. The number of hydrogen-bond acceptors (Lipinski definition) is 4. The molecule has 1 aliphatic heterocycles. The van der Waals surface area contributed by atoms with Gasteiger partial charge in [-0.1, -0.05) is 0 Å². The van der Waals surface area contributed by atoms with Crippen molar-refractivity contribution in [2.75, 3.05) is 26.8 Å². The van der Waals surface area contributed by atoms with Gasteiger partial charge in [0.05, 0.1) is 12.5 Å². The van der Waals surface area contributed by atoms with E-state index in [9.17, 15) is 9.59 Å². The number of rotatable bonds is 7. The van der Waals surface area contributed by atoms with E-state index < -0.39 is 0 Å². The number of likely N-dealkylation sites (N-methyl/N-ethyl adjacent to an activating group) is 1. The second-order valence-corrected chi connectivity index (χ2v) is 5.36. The van der Waals surface area contributed by atoms with Crippen molar-refractivity contribution in [3.63, 3.8) is 0 Å². The van der Waals surface area contributed by atoms with Gasteiger partial charge in [-0.05, 0) is 31.6 Å². The summed E-state index contributed by atoms with van der Waals surface area (Å²) in [6.07, 6.45) is 3.72. The standard InChI is InChI=1S/C13H22N2O3/c1-3-15-11(16)8-10(12(15)17)14-9-13(4-5-13)6-7-18-2/h10,14H,3-9H2,1-2H3. The third-order valence-electron chi connectivity index (χ3n) is 4.08. The zero-order chi connectivity index (χ0) is 13.2. The number of amides is 2. The number of nitrogens with zero attached hydrogens (tertiary/aromatic N) is 1. The van der Waals surface area contributed by atoms with Gasteiger partial charge in [0.15, 0.2) is 0 Å². The van der Waals surface area contributed by atoms with Gasteiger partial charge < -0.3 is 10.1 Å². The molecule has 18 heavy (non-hydrogen) atoms. The molecule has 2 amide bonds. The molecule has 2 fully saturated rings. The van der Waals surface area contributed by atoms with Gasteiger partial charge in [0, 0.05) is 26.8 Å². The third-order valence-corrected chi connectivity index (χ3v) is 4.08. The second kappa shape index (κ2) is 5.36. The van der Waals surface area contributed by atoms with Crippen molar-refractivity contribution in [2.24, 2.45) is 5.41 Å². The van der Waals surface area contributed by atoms with Crippen LogP contribution in [0.15, 0.2) is 0 Å². The van der Waals surface area contributed by atoms with Crippen molar-refractivity contribution in [3.8, 4) is 0 Å². The summed E-state index contributed by atoms with van der Waals surface area (Å²) in [5.41, 5.74) is 0.305. The molecule has 0 aromatic rings. The Bertz CT molecular complexity index is 339. The molecule has 0 aromatic heterocycles. The molecule has 1 saturated heterocycles. The first-order valence-corrected chi connectivity index (χ1v) is 6.68. The summed E-state index contributed by atoms with van der Waals surface area (Å²) in [5.74, 6) is -0.119. The van der Waals surface area contributed by atoms with Crippen molar-refractivity contribution < 1.29 is 14.3 Å². The number of likely N-dealkylation sites (tertiary alicyclic amines) is 1. The fourth-order valence-corrected chi connectivity index (χ4v) is 2.53. The first kappa shape index (κ1) is 13.5. The highest BCUT2D eigenvalue weighted by Crippen LogP contribution is 2.48. The lowest BCUT2D eigenvalue weighted by atomic mass is 10.0. The van der Waals surface area contributed by atoms with Gasteiger partial charge in [0.1, 0.15) is 0 Å². The summed E-state index contributed by atoms with van der Waals surface area (Å²) in [5, 5.41) is 3.27. The van der Waals surface area contributed by atoms with Gasteiger partial charge in [-0.3, -0.25) is 14.5 Å². The number of nitrogens with one attached hydrogen (secondary N) is 1. The minimum absolute atomic E-state index is 0.0539. The third kappa shape index (κ3) is 2.72. The quantitative estimate of drug-likeness (QED) is 0.674. The molecule has 0 aromatic carbocycles. The molecule has 1 N–H and O–H groups in total. The maximum absolute atomic E-state index is 11.9. The van der Waals surface area contributed by atoms with Crippen LogP contribution in [0.4, 0.5) is 0 Å². The van der Waals surface area contributed by atoms with Crippen LogP contribution in [0.3, 0.4) is 0 Å². The van der Waals surface area contributed by atoms with E-state index in [1.165, 1.54) is 17.7 Å². The van der Waals surface area contributed by atoms with Crippen LogP contribution < -0.4 is 5.32 Å². The predicted octanol–water partition coefficient (Wildman–Crippen LogP) is 0.540. The highest BCUT2D eigenvalue weighted by Gasteiger charge is 2.44. The molecular weight excluding hydrogens is 232 g/mol. The number of carbonyl (C=O) groups is 2. The summed E-state index contributed by atoms with van der Waals surface area (Å²) in [6, 6.07) is -0.308. The Labute approximate surface area is 108 Å². The highest BCUT2D eigenvalue weighted by atomic mass is 16.5. The van der Waals surface area contributed by atoms with Crippen LogP contribution in [-0.4, -0.2) is 49.6 Å². The SMILES string of the molecule is CCN1C(=O)CC(NCC2(CCOC)CC2)C1=O. The van der Waals surface area contributed by atoms with Crippen molar-refractivity contribution in [1.29, 1.82) is 0 Å². The first-order valence-electron chi connectivity index (χ1n) is 6.68. The Morgan fingerprint density at radius 1 is 1.44 bits per heavy atom. The van der Waals surface area contributed by atoms with Crippen molar-refractivity contribution in [1.82, 2.24) is 10.2 Å². The van der Waals surface area contributed by atoms with Gasteiger partial charge in [0.25, 0.3) is 0 Å². The van der Waals surface area contributed by atoms with E-state index in [2.05, 4.69) is 5.32 Å². The van der Waals surface area contributed by atoms with E-state index in [1.54, 1.807) is 7.11 Å². The van der Waals surface area contributed by atoms with Crippen LogP contribution in [0.25, 0.3) is 0 Å². The van der Waals surface area contributed by atoms with E-state index >= 15 is 0 Å². The molecule has 1 heterocycles. The van der Waals surface area contributed by atoms with Crippen LogP contribution in [0.1, 0.15) is 32.6 Å². The fourth-order valence-electron chi connectivity index (χ4n) is 2.53. The lowest BCUT2D eigenvalue weighted by Gasteiger charge is -2.18. The Morgan fingerprint density at radius 2 is 2.17 bits per heavy atom. The smallest absolute Gasteiger partial charge is 0.246 e. The summed E-state index contributed by atoms with van der Waals surface area (Å²) < 4.78 is 5.11. The topological polar surface area (TPSA) is 58.6 Å². The largest absolute Gasteiger partial charge is 0.385 e. The van der Waals surface area contributed by atoms with Gasteiger partial charge in [-0.25, -0.2) is 0 Å². The average molecular weight is 254 g/mol. The Kier molecular flexibility index (Phi) is 4.02. The number of ether oxygens (including phenoxy) is 1. The van der Waals surface area contributed by atoms with E-state index in [0.717, 1.165) is 19.6 Å². The highest BCUT2D eigenvalue weighted by molar-refractivity contribution is 6.05. The molecule has 0 spiro atoms. The van der Waals surface area contributed by atoms with Gasteiger partial charge in [-0.2, -0.15) is 0 Å². The average Bonchev–Trinajstić information content (AvgIpc) is 3.07. The zero-order valence-electron chi connectivity index (χ0n) is 11.2. The zero-order valence-corrected chi connectivity index (χ0v) is 11.2. The molecule has 1 atom stereocenters. The molecule has 2 rings (SSSR count). The normalized spacial score (nSPS) is 25.9. The number of carbonyl (C=O) groups excluding carboxylic acids is 2. The molecule has 102 valence electrons. The Morgan fingerprint density at radius 3 is 2.67 bits per heavy atom. The molecule has 5 heteroatoms. The molecular formula is C13H22N2O3. The predicted molar refractivity (Wildman–Crippen MR) is 67.0 cm³/mol. The molecule has 0 radical (unpaired) electrons. The lowest BCUT2D eigenvalue weighted by Crippen LogP contribution is -2.41. The van der Waals surface area contributed by atoms with Gasteiger partial charge in [-0.15, -0.1) is 0 Å². The van der Waals surface area contributed by atoms with E-state index in [0.29, 0.717) is 18.4 Å².